The molecule has 0 N–H and O–H groups in total. The van der Waals surface area contributed by atoms with E-state index in [0.29, 0.717) is 18.1 Å². The predicted molar refractivity (Wildman–Crippen MR) is 114 cm³/mol. The Morgan fingerprint density at radius 3 is 2.07 bits per heavy atom. The second-order valence-electron chi connectivity index (χ2n) is 8.97. The normalized spacial score (nSPS) is 22.6. The van der Waals surface area contributed by atoms with Crippen LogP contribution in [-0.2, 0) is 16.6 Å². The van der Waals surface area contributed by atoms with E-state index in [9.17, 15) is 0 Å². The monoisotopic (exact) mass is 365 g/mol. The first-order valence-corrected chi connectivity index (χ1v) is 10.4. The first-order valence-electron chi connectivity index (χ1n) is 10.4. The molecule has 146 valence electrons. The molecule has 0 bridgehead atoms. The van der Waals surface area contributed by atoms with Crippen molar-refractivity contribution in [3.63, 3.8) is 0 Å². The molecule has 1 aliphatic rings. The average Bonchev–Trinajstić information content (AvgIpc) is 2.62. The maximum absolute atomic E-state index is 5.86. The average molecular weight is 366 g/mol. The van der Waals surface area contributed by atoms with Crippen molar-refractivity contribution in [2.45, 2.75) is 58.7 Å². The molecule has 27 heavy (non-hydrogen) atoms. The van der Waals surface area contributed by atoms with Gasteiger partial charge in [0.25, 0.3) is 0 Å². The van der Waals surface area contributed by atoms with Crippen LogP contribution in [0, 0.1) is 5.92 Å². The van der Waals surface area contributed by atoms with Crippen LogP contribution < -0.4 is 0 Å². The number of morpholine rings is 1. The van der Waals surface area contributed by atoms with Crippen LogP contribution in [0.3, 0.4) is 0 Å². The Bertz CT molecular complexity index is 697. The highest BCUT2D eigenvalue weighted by Crippen LogP contribution is 2.31. The number of ether oxygens (including phenoxy) is 1. The molecule has 2 nitrogen and oxygen atoms in total. The van der Waals surface area contributed by atoms with E-state index in [1.807, 2.05) is 0 Å². The Morgan fingerprint density at radius 1 is 0.926 bits per heavy atom. The van der Waals surface area contributed by atoms with Crippen molar-refractivity contribution in [1.29, 1.82) is 0 Å². The summed E-state index contributed by atoms with van der Waals surface area (Å²) in [6.45, 7) is 14.6. The lowest BCUT2D eigenvalue weighted by atomic mass is 9.78. The molecule has 0 aromatic heterocycles. The van der Waals surface area contributed by atoms with Gasteiger partial charge in [-0.15, -0.1) is 0 Å². The van der Waals surface area contributed by atoms with Crippen LogP contribution in [0.25, 0.3) is 0 Å². The van der Waals surface area contributed by atoms with E-state index in [-0.39, 0.29) is 5.41 Å². The van der Waals surface area contributed by atoms with E-state index >= 15 is 0 Å². The molecule has 3 atom stereocenters. The third-order valence-electron chi connectivity index (χ3n) is 5.82. The van der Waals surface area contributed by atoms with E-state index in [1.54, 1.807) is 0 Å². The van der Waals surface area contributed by atoms with E-state index in [1.165, 1.54) is 16.7 Å². The van der Waals surface area contributed by atoms with Gasteiger partial charge in [-0.2, -0.15) is 0 Å². The molecule has 1 unspecified atom stereocenters. The molecule has 3 rings (SSSR count). The maximum atomic E-state index is 5.86. The van der Waals surface area contributed by atoms with Crippen LogP contribution in [0.1, 0.15) is 51.3 Å². The smallest absolute Gasteiger partial charge is 0.0678 e. The van der Waals surface area contributed by atoms with Crippen molar-refractivity contribution in [1.82, 2.24) is 4.90 Å². The van der Waals surface area contributed by atoms with E-state index in [2.05, 4.69) is 94.1 Å². The molecule has 1 aliphatic heterocycles. The van der Waals surface area contributed by atoms with Gasteiger partial charge >= 0.3 is 0 Å². The quantitative estimate of drug-likeness (QED) is 0.689. The van der Waals surface area contributed by atoms with E-state index in [0.717, 1.165) is 26.1 Å². The largest absolute Gasteiger partial charge is 0.373 e. The fourth-order valence-corrected chi connectivity index (χ4v) is 4.42. The van der Waals surface area contributed by atoms with Gasteiger partial charge in [0.1, 0.15) is 0 Å². The Labute approximate surface area is 165 Å². The highest BCUT2D eigenvalue weighted by Gasteiger charge is 2.24. The maximum Gasteiger partial charge on any atom is 0.0678 e. The standard InChI is InChI=1S/C25H35NO/c1-19(16-26-17-20(2)27-21(3)18-26)15-22-11-13-24(14-12-22)25(4,5)23-9-7-6-8-10-23/h6-14,19-21H,15-18H2,1-5H3/t19?,20-,21+. The second-order valence-corrected chi connectivity index (χ2v) is 8.97. The lowest BCUT2D eigenvalue weighted by Crippen LogP contribution is -2.47. The number of hydrogen-bond acceptors (Lipinski definition) is 2. The molecule has 0 aliphatic carbocycles. The summed E-state index contributed by atoms with van der Waals surface area (Å²) >= 11 is 0. The first-order chi connectivity index (χ1) is 12.8. The highest BCUT2D eigenvalue weighted by atomic mass is 16.5. The van der Waals surface area contributed by atoms with Crippen LogP contribution in [-0.4, -0.2) is 36.7 Å². The van der Waals surface area contributed by atoms with Gasteiger partial charge < -0.3 is 4.74 Å². The summed E-state index contributed by atoms with van der Waals surface area (Å²) < 4.78 is 5.86. The third-order valence-corrected chi connectivity index (χ3v) is 5.82. The van der Waals surface area contributed by atoms with Crippen LogP contribution >= 0.6 is 0 Å². The van der Waals surface area contributed by atoms with E-state index < -0.39 is 0 Å². The molecule has 2 heteroatoms. The van der Waals surface area contributed by atoms with Gasteiger partial charge in [0.2, 0.25) is 0 Å². The molecular weight excluding hydrogens is 330 g/mol. The number of hydrogen-bond donors (Lipinski definition) is 0. The summed E-state index contributed by atoms with van der Waals surface area (Å²) in [6.07, 6.45) is 1.83. The molecule has 0 amide bonds. The molecule has 0 radical (unpaired) electrons. The third kappa shape index (κ3) is 5.21. The van der Waals surface area contributed by atoms with Gasteiger partial charge in [-0.1, -0.05) is 75.4 Å². The van der Waals surface area contributed by atoms with Crippen molar-refractivity contribution in [2.24, 2.45) is 5.92 Å². The van der Waals surface area contributed by atoms with Crippen LogP contribution in [0.4, 0.5) is 0 Å². The van der Waals surface area contributed by atoms with Gasteiger partial charge in [0.05, 0.1) is 12.2 Å². The van der Waals surface area contributed by atoms with Gasteiger partial charge in [-0.3, -0.25) is 4.90 Å². The molecular formula is C25H35NO. The van der Waals surface area contributed by atoms with Gasteiger partial charge in [-0.25, -0.2) is 0 Å². The summed E-state index contributed by atoms with van der Waals surface area (Å²) in [6, 6.07) is 20.0. The minimum atomic E-state index is 0.0332. The highest BCUT2D eigenvalue weighted by molar-refractivity contribution is 5.38. The molecule has 1 heterocycles. The minimum Gasteiger partial charge on any atom is -0.373 e. The molecule has 1 fully saturated rings. The number of nitrogens with zero attached hydrogens (tertiary/aromatic N) is 1. The summed E-state index contributed by atoms with van der Waals surface area (Å²) in [4.78, 5) is 2.57. The second kappa shape index (κ2) is 8.58. The van der Waals surface area contributed by atoms with E-state index in [4.69, 9.17) is 4.74 Å². The van der Waals surface area contributed by atoms with Gasteiger partial charge in [0.15, 0.2) is 0 Å². The van der Waals surface area contributed by atoms with Gasteiger partial charge in [0, 0.05) is 25.0 Å². The molecule has 0 spiro atoms. The summed E-state index contributed by atoms with van der Waals surface area (Å²) in [7, 11) is 0. The van der Waals surface area contributed by atoms with Crippen molar-refractivity contribution >= 4 is 0 Å². The predicted octanol–water partition coefficient (Wildman–Crippen LogP) is 5.30. The number of rotatable bonds is 6. The Balaban J connectivity index is 1.60. The summed E-state index contributed by atoms with van der Waals surface area (Å²) in [5.74, 6) is 0.649. The fourth-order valence-electron chi connectivity index (χ4n) is 4.42. The molecule has 2 aromatic rings. The van der Waals surface area contributed by atoms with Crippen molar-refractivity contribution in [3.8, 4) is 0 Å². The first kappa shape index (κ1) is 20.1. The topological polar surface area (TPSA) is 12.5 Å². The van der Waals surface area contributed by atoms with Crippen LogP contribution in [0.5, 0.6) is 0 Å². The molecule has 0 saturated carbocycles. The van der Waals surface area contributed by atoms with Gasteiger partial charge in [-0.05, 0) is 42.9 Å². The van der Waals surface area contributed by atoms with Crippen LogP contribution in [0.2, 0.25) is 0 Å². The van der Waals surface area contributed by atoms with Crippen molar-refractivity contribution in [2.75, 3.05) is 19.6 Å². The SMILES string of the molecule is CC(Cc1ccc(C(C)(C)c2ccccc2)cc1)CN1C[C@@H](C)O[C@@H](C)C1. The van der Waals surface area contributed by atoms with Crippen molar-refractivity contribution in [3.05, 3.63) is 71.3 Å². The fraction of sp³-hybridized carbons (Fsp3) is 0.520. The lowest BCUT2D eigenvalue weighted by Gasteiger charge is -2.36. The zero-order valence-electron chi connectivity index (χ0n) is 17.6. The Morgan fingerprint density at radius 2 is 1.48 bits per heavy atom. The summed E-state index contributed by atoms with van der Waals surface area (Å²) in [5.41, 5.74) is 4.21. The molecule has 1 saturated heterocycles. The Kier molecular flexibility index (Phi) is 6.39. The molecule has 2 aromatic carbocycles. The summed E-state index contributed by atoms with van der Waals surface area (Å²) in [5, 5.41) is 0. The Hall–Kier alpha value is -1.64. The lowest BCUT2D eigenvalue weighted by molar-refractivity contribution is -0.0708. The van der Waals surface area contributed by atoms with Crippen LogP contribution in [0.15, 0.2) is 54.6 Å². The minimum absolute atomic E-state index is 0.0332. The number of benzene rings is 2. The zero-order valence-corrected chi connectivity index (χ0v) is 17.6. The van der Waals surface area contributed by atoms with Crippen molar-refractivity contribution < 1.29 is 4.74 Å². The zero-order chi connectivity index (χ0) is 19.4.